The Bertz CT molecular complexity index is 782. The zero-order valence-electron chi connectivity index (χ0n) is 14.0. The summed E-state index contributed by atoms with van der Waals surface area (Å²) in [6.07, 6.45) is 4.50. The van der Waals surface area contributed by atoms with Gasteiger partial charge in [-0.25, -0.2) is 4.98 Å². The fourth-order valence-corrected chi connectivity index (χ4v) is 2.68. The number of amides is 1. The largest absolute Gasteiger partial charge is 0.354 e. The zero-order valence-corrected chi connectivity index (χ0v) is 14.0. The van der Waals surface area contributed by atoms with Gasteiger partial charge in [0.15, 0.2) is 0 Å². The van der Waals surface area contributed by atoms with Gasteiger partial charge >= 0.3 is 0 Å². The number of benzene rings is 2. The highest BCUT2D eigenvalue weighted by Crippen LogP contribution is 2.19. The van der Waals surface area contributed by atoms with Crippen molar-refractivity contribution >= 4 is 5.91 Å². The molecule has 3 rings (SSSR count). The molecule has 0 aliphatic heterocycles. The second-order valence-corrected chi connectivity index (χ2v) is 5.99. The van der Waals surface area contributed by atoms with Gasteiger partial charge in [0, 0.05) is 24.9 Å². The number of nitrogens with two attached hydrogens (primary N) is 1. The summed E-state index contributed by atoms with van der Waals surface area (Å²) < 4.78 is 0. The van der Waals surface area contributed by atoms with Crippen LogP contribution in [0.3, 0.4) is 0 Å². The van der Waals surface area contributed by atoms with E-state index in [1.54, 1.807) is 12.5 Å². The molecule has 3 aromatic rings. The minimum Gasteiger partial charge on any atom is -0.354 e. The lowest BCUT2D eigenvalue weighted by Crippen LogP contribution is -2.42. The summed E-state index contributed by atoms with van der Waals surface area (Å²) in [6, 6.07) is 18.1. The second kappa shape index (κ2) is 8.26. The van der Waals surface area contributed by atoms with E-state index < -0.39 is 6.04 Å². The van der Waals surface area contributed by atoms with Crippen LogP contribution in [0.15, 0.2) is 67.1 Å². The Balaban J connectivity index is 1.46. The number of carbonyl (C=O) groups excluding carboxylic acids is 1. The minimum absolute atomic E-state index is 0.143. The molecule has 5 nitrogen and oxygen atoms in total. The van der Waals surface area contributed by atoms with Crippen LogP contribution in [0.25, 0.3) is 11.1 Å². The number of nitrogens with one attached hydrogen (secondary N) is 2. The number of hydrogen-bond donors (Lipinski definition) is 3. The minimum atomic E-state index is -0.569. The van der Waals surface area contributed by atoms with Crippen molar-refractivity contribution in [1.29, 1.82) is 0 Å². The van der Waals surface area contributed by atoms with Gasteiger partial charge in [-0.1, -0.05) is 54.6 Å². The molecule has 0 saturated carbocycles. The van der Waals surface area contributed by atoms with Gasteiger partial charge in [-0.15, -0.1) is 0 Å². The Morgan fingerprint density at radius 2 is 1.80 bits per heavy atom. The first-order valence-electron chi connectivity index (χ1n) is 8.37. The second-order valence-electron chi connectivity index (χ2n) is 5.99. The fraction of sp³-hybridized carbons (Fsp3) is 0.200. The molecule has 1 aromatic heterocycles. The first kappa shape index (κ1) is 16.9. The first-order chi connectivity index (χ1) is 12.2. The molecule has 2 aromatic carbocycles. The van der Waals surface area contributed by atoms with E-state index in [0.717, 1.165) is 12.1 Å². The van der Waals surface area contributed by atoms with E-state index in [0.29, 0.717) is 13.0 Å². The average Bonchev–Trinajstić information content (AvgIpc) is 3.16. The number of imidazole rings is 1. The molecular weight excluding hydrogens is 312 g/mol. The van der Waals surface area contributed by atoms with Crippen LogP contribution in [-0.4, -0.2) is 28.5 Å². The monoisotopic (exact) mass is 334 g/mol. The molecule has 0 unspecified atom stereocenters. The van der Waals surface area contributed by atoms with Gasteiger partial charge in [0.05, 0.1) is 12.4 Å². The van der Waals surface area contributed by atoms with Crippen LogP contribution < -0.4 is 11.1 Å². The van der Waals surface area contributed by atoms with Crippen molar-refractivity contribution in [3.05, 3.63) is 78.4 Å². The van der Waals surface area contributed by atoms with E-state index in [1.807, 2.05) is 18.2 Å². The normalized spacial score (nSPS) is 11.9. The molecule has 0 aliphatic rings. The van der Waals surface area contributed by atoms with Crippen LogP contribution in [0.4, 0.5) is 0 Å². The van der Waals surface area contributed by atoms with E-state index in [9.17, 15) is 4.79 Å². The number of aromatic nitrogens is 2. The van der Waals surface area contributed by atoms with Crippen LogP contribution in [0.5, 0.6) is 0 Å². The molecular formula is C20H22N4O. The highest BCUT2D eigenvalue weighted by atomic mass is 16.2. The standard InChI is InChI=1S/C20H22N4O/c21-19(12-18-13-22-14-24-18)20(25)23-11-10-15-6-8-17(9-7-15)16-4-2-1-3-5-16/h1-9,13-14,19H,10-12,21H2,(H,22,24)(H,23,25)/t19-/m1/s1. The lowest BCUT2D eigenvalue weighted by molar-refractivity contribution is -0.122. The molecule has 4 N–H and O–H groups in total. The quantitative estimate of drug-likeness (QED) is 0.620. The molecule has 1 heterocycles. The number of H-pyrrole nitrogens is 1. The predicted octanol–water partition coefficient (Wildman–Crippen LogP) is 2.31. The molecule has 25 heavy (non-hydrogen) atoms. The van der Waals surface area contributed by atoms with Gasteiger partial charge in [0.1, 0.15) is 0 Å². The summed E-state index contributed by atoms with van der Waals surface area (Å²) >= 11 is 0. The smallest absolute Gasteiger partial charge is 0.237 e. The Labute approximate surface area is 147 Å². The van der Waals surface area contributed by atoms with Crippen LogP contribution in [0, 0.1) is 0 Å². The number of hydrogen-bond acceptors (Lipinski definition) is 3. The van der Waals surface area contributed by atoms with E-state index >= 15 is 0 Å². The summed E-state index contributed by atoms with van der Waals surface area (Å²) in [4.78, 5) is 18.9. The summed E-state index contributed by atoms with van der Waals surface area (Å²) in [5.74, 6) is -0.143. The molecule has 5 heteroatoms. The molecule has 0 bridgehead atoms. The Kier molecular flexibility index (Phi) is 5.59. The molecule has 0 radical (unpaired) electrons. The van der Waals surface area contributed by atoms with Crippen molar-refractivity contribution < 1.29 is 4.79 Å². The van der Waals surface area contributed by atoms with Crippen LogP contribution in [0.1, 0.15) is 11.3 Å². The summed E-state index contributed by atoms with van der Waals surface area (Å²) in [5, 5.41) is 2.89. The first-order valence-corrected chi connectivity index (χ1v) is 8.37. The van der Waals surface area contributed by atoms with Gasteiger partial charge in [-0.3, -0.25) is 4.79 Å². The van der Waals surface area contributed by atoms with E-state index in [2.05, 4.69) is 51.7 Å². The molecule has 128 valence electrons. The van der Waals surface area contributed by atoms with Crippen molar-refractivity contribution in [2.45, 2.75) is 18.9 Å². The maximum Gasteiger partial charge on any atom is 0.237 e. The third kappa shape index (κ3) is 4.78. The predicted molar refractivity (Wildman–Crippen MR) is 98.9 cm³/mol. The summed E-state index contributed by atoms with van der Waals surface area (Å²) in [6.45, 7) is 0.570. The van der Waals surface area contributed by atoms with Crippen LogP contribution >= 0.6 is 0 Å². The van der Waals surface area contributed by atoms with Crippen molar-refractivity contribution in [3.63, 3.8) is 0 Å². The van der Waals surface area contributed by atoms with Crippen molar-refractivity contribution in [2.75, 3.05) is 6.54 Å². The highest BCUT2D eigenvalue weighted by molar-refractivity contribution is 5.81. The molecule has 0 saturated heterocycles. The Hall–Kier alpha value is -2.92. The lowest BCUT2D eigenvalue weighted by Gasteiger charge is -2.11. The number of aromatic amines is 1. The lowest BCUT2D eigenvalue weighted by atomic mass is 10.0. The Morgan fingerprint density at radius 3 is 2.48 bits per heavy atom. The molecule has 0 fully saturated rings. The van der Waals surface area contributed by atoms with Crippen molar-refractivity contribution in [3.8, 4) is 11.1 Å². The van der Waals surface area contributed by atoms with Gasteiger partial charge in [-0.2, -0.15) is 0 Å². The van der Waals surface area contributed by atoms with Gasteiger partial charge in [0.25, 0.3) is 0 Å². The number of carbonyl (C=O) groups is 1. The third-order valence-corrected chi connectivity index (χ3v) is 4.11. The van der Waals surface area contributed by atoms with E-state index in [1.165, 1.54) is 16.7 Å². The maximum absolute atomic E-state index is 12.0. The third-order valence-electron chi connectivity index (χ3n) is 4.11. The SMILES string of the molecule is N[C@H](Cc1cnc[nH]1)C(=O)NCCc1ccc(-c2ccccc2)cc1. The molecule has 1 atom stereocenters. The highest BCUT2D eigenvalue weighted by Gasteiger charge is 2.14. The fourth-order valence-electron chi connectivity index (χ4n) is 2.68. The van der Waals surface area contributed by atoms with E-state index in [-0.39, 0.29) is 5.91 Å². The maximum atomic E-state index is 12.0. The van der Waals surface area contributed by atoms with E-state index in [4.69, 9.17) is 5.73 Å². The summed E-state index contributed by atoms with van der Waals surface area (Å²) in [5.41, 5.74) is 10.3. The molecule has 0 aliphatic carbocycles. The van der Waals surface area contributed by atoms with Crippen LogP contribution in [0.2, 0.25) is 0 Å². The number of rotatable bonds is 7. The molecule has 1 amide bonds. The Morgan fingerprint density at radius 1 is 1.08 bits per heavy atom. The van der Waals surface area contributed by atoms with Crippen molar-refractivity contribution in [1.82, 2.24) is 15.3 Å². The summed E-state index contributed by atoms with van der Waals surface area (Å²) in [7, 11) is 0. The van der Waals surface area contributed by atoms with Gasteiger partial charge in [-0.05, 0) is 23.1 Å². The number of nitrogens with zero attached hydrogens (tertiary/aromatic N) is 1. The van der Waals surface area contributed by atoms with Crippen molar-refractivity contribution in [2.24, 2.45) is 5.73 Å². The topological polar surface area (TPSA) is 83.8 Å². The van der Waals surface area contributed by atoms with Crippen LogP contribution in [-0.2, 0) is 17.6 Å². The van der Waals surface area contributed by atoms with Gasteiger partial charge in [0.2, 0.25) is 5.91 Å². The zero-order chi connectivity index (χ0) is 17.5. The van der Waals surface area contributed by atoms with Gasteiger partial charge < -0.3 is 16.0 Å². The molecule has 0 spiro atoms. The average molecular weight is 334 g/mol.